The number of Topliss-reactive ketones (excluding diaryl/α,β-unsaturated/α-hetero) is 1. The maximum Gasteiger partial charge on any atom is 0.411 e. The molecule has 0 amide bonds. The van der Waals surface area contributed by atoms with Crippen LogP contribution in [-0.2, 0) is 16.0 Å². The van der Waals surface area contributed by atoms with E-state index in [9.17, 15) is 18.0 Å². The number of carbonyl (C=O) groups is 1. The van der Waals surface area contributed by atoms with E-state index in [4.69, 9.17) is 4.74 Å². The second kappa shape index (κ2) is 8.67. The molecule has 1 aromatic carbocycles. The molecule has 0 aromatic heterocycles. The Balaban J connectivity index is 2.16. The Morgan fingerprint density at radius 3 is 2.38 bits per heavy atom. The molecule has 0 unspecified atom stereocenters. The lowest BCUT2D eigenvalue weighted by Gasteiger charge is -2.09. The third-order valence-corrected chi connectivity index (χ3v) is 2.66. The van der Waals surface area contributed by atoms with E-state index < -0.39 is 12.8 Å². The van der Waals surface area contributed by atoms with Gasteiger partial charge in [-0.1, -0.05) is 12.1 Å². The minimum atomic E-state index is -4.28. The van der Waals surface area contributed by atoms with Crippen molar-refractivity contribution in [3.05, 3.63) is 29.8 Å². The van der Waals surface area contributed by atoms with Gasteiger partial charge in [-0.15, -0.1) is 0 Å². The fourth-order valence-corrected chi connectivity index (χ4v) is 1.61. The Kier molecular flexibility index (Phi) is 7.22. The van der Waals surface area contributed by atoms with Gasteiger partial charge in [-0.3, -0.25) is 0 Å². The van der Waals surface area contributed by atoms with Crippen LogP contribution in [0.2, 0.25) is 0 Å². The van der Waals surface area contributed by atoms with E-state index in [-0.39, 0.29) is 12.4 Å². The molecule has 118 valence electrons. The third-order valence-electron chi connectivity index (χ3n) is 2.66. The van der Waals surface area contributed by atoms with Crippen LogP contribution in [0.25, 0.3) is 0 Å². The molecule has 1 aromatic rings. The predicted molar refractivity (Wildman–Crippen MR) is 72.4 cm³/mol. The van der Waals surface area contributed by atoms with Crippen molar-refractivity contribution in [2.45, 2.75) is 32.4 Å². The van der Waals surface area contributed by atoms with Crippen LogP contribution in [0.5, 0.6) is 5.75 Å². The molecule has 0 aliphatic heterocycles. The first-order chi connectivity index (χ1) is 9.87. The van der Waals surface area contributed by atoms with Gasteiger partial charge in [-0.05, 0) is 31.0 Å². The first-order valence-corrected chi connectivity index (χ1v) is 6.72. The highest BCUT2D eigenvalue weighted by atomic mass is 19.4. The molecule has 6 heteroatoms. The van der Waals surface area contributed by atoms with Crippen molar-refractivity contribution >= 4 is 5.78 Å². The normalized spacial score (nSPS) is 11.4. The average molecular weight is 304 g/mol. The van der Waals surface area contributed by atoms with Crippen molar-refractivity contribution in [1.82, 2.24) is 0 Å². The Morgan fingerprint density at radius 2 is 1.81 bits per heavy atom. The third kappa shape index (κ3) is 9.07. The first-order valence-electron chi connectivity index (χ1n) is 6.72. The Hall–Kier alpha value is -1.56. The summed E-state index contributed by atoms with van der Waals surface area (Å²) < 4.78 is 45.3. The molecule has 0 bridgehead atoms. The highest BCUT2D eigenvalue weighted by molar-refractivity contribution is 5.75. The van der Waals surface area contributed by atoms with E-state index in [1.165, 1.54) is 0 Å². The van der Waals surface area contributed by atoms with Crippen LogP contribution in [0.15, 0.2) is 24.3 Å². The summed E-state index contributed by atoms with van der Waals surface area (Å²) in [6.07, 6.45) is -2.68. The number of aryl methyl sites for hydroxylation is 1. The summed E-state index contributed by atoms with van der Waals surface area (Å²) in [4.78, 5) is 10.9. The summed E-state index contributed by atoms with van der Waals surface area (Å²) in [6, 6.07) is 7.31. The van der Waals surface area contributed by atoms with Crippen molar-refractivity contribution in [1.29, 1.82) is 0 Å². The predicted octanol–water partition coefficient (Wildman–Crippen LogP) is 3.56. The lowest BCUT2D eigenvalue weighted by molar-refractivity contribution is -0.174. The fraction of sp³-hybridized carbons (Fsp3) is 0.533. The molecule has 0 fully saturated rings. The van der Waals surface area contributed by atoms with Gasteiger partial charge in [0, 0.05) is 12.8 Å². The maximum absolute atomic E-state index is 11.8. The second-order valence-corrected chi connectivity index (χ2v) is 4.72. The monoisotopic (exact) mass is 304 g/mol. The molecule has 0 spiro atoms. The highest BCUT2D eigenvalue weighted by Crippen LogP contribution is 2.15. The zero-order chi connectivity index (χ0) is 15.7. The average Bonchev–Trinajstić information content (AvgIpc) is 2.40. The lowest BCUT2D eigenvalue weighted by atomic mass is 10.1. The van der Waals surface area contributed by atoms with Crippen LogP contribution in [-0.4, -0.2) is 31.8 Å². The number of carbonyl (C=O) groups excluding carboxylic acids is 1. The van der Waals surface area contributed by atoms with E-state index in [1.54, 1.807) is 19.1 Å². The van der Waals surface area contributed by atoms with E-state index in [1.807, 2.05) is 12.1 Å². The standard InChI is InChI=1S/C15H19F3O3/c1-12(19)3-4-13-5-7-14(8-6-13)21-10-2-9-20-11-15(16,17)18/h5-8H,2-4,9-11H2,1H3. The number of ether oxygens (including phenoxy) is 2. The first kappa shape index (κ1) is 17.5. The number of hydrogen-bond acceptors (Lipinski definition) is 3. The van der Waals surface area contributed by atoms with Crippen LogP contribution in [0.3, 0.4) is 0 Å². The van der Waals surface area contributed by atoms with Gasteiger partial charge in [0.1, 0.15) is 18.1 Å². The molecule has 1 rings (SSSR count). The summed E-state index contributed by atoms with van der Waals surface area (Å²) in [6.45, 7) is 0.636. The van der Waals surface area contributed by atoms with E-state index in [2.05, 4.69) is 4.74 Å². The van der Waals surface area contributed by atoms with Crippen molar-refractivity contribution < 1.29 is 27.4 Å². The van der Waals surface area contributed by atoms with Gasteiger partial charge < -0.3 is 14.3 Å². The van der Waals surface area contributed by atoms with Crippen LogP contribution < -0.4 is 4.74 Å². The molecule has 0 heterocycles. The van der Waals surface area contributed by atoms with E-state index in [0.717, 1.165) is 5.56 Å². The summed E-state index contributed by atoms with van der Waals surface area (Å²) in [5.74, 6) is 0.798. The molecule has 0 N–H and O–H groups in total. The molecule has 3 nitrogen and oxygen atoms in total. The molecule has 0 aliphatic rings. The molecular weight excluding hydrogens is 285 g/mol. The summed E-state index contributed by atoms with van der Waals surface area (Å²) in [5.41, 5.74) is 1.05. The van der Waals surface area contributed by atoms with Crippen LogP contribution in [0, 0.1) is 0 Å². The van der Waals surface area contributed by atoms with Crippen molar-refractivity contribution in [3.8, 4) is 5.75 Å². The van der Waals surface area contributed by atoms with E-state index >= 15 is 0 Å². The number of benzene rings is 1. The van der Waals surface area contributed by atoms with Gasteiger partial charge in [0.25, 0.3) is 0 Å². The van der Waals surface area contributed by atoms with Crippen LogP contribution in [0.4, 0.5) is 13.2 Å². The molecule has 0 aliphatic carbocycles. The summed E-state index contributed by atoms with van der Waals surface area (Å²) in [5, 5.41) is 0. The lowest BCUT2D eigenvalue weighted by Crippen LogP contribution is -2.18. The maximum atomic E-state index is 11.8. The van der Waals surface area contributed by atoms with E-state index in [0.29, 0.717) is 31.6 Å². The molecular formula is C15H19F3O3. The van der Waals surface area contributed by atoms with Gasteiger partial charge in [-0.2, -0.15) is 13.2 Å². The smallest absolute Gasteiger partial charge is 0.411 e. The number of alkyl halides is 3. The highest BCUT2D eigenvalue weighted by Gasteiger charge is 2.27. The topological polar surface area (TPSA) is 35.5 Å². The van der Waals surface area contributed by atoms with Gasteiger partial charge in [-0.25, -0.2) is 0 Å². The fourth-order valence-electron chi connectivity index (χ4n) is 1.61. The van der Waals surface area contributed by atoms with Crippen molar-refractivity contribution in [2.24, 2.45) is 0 Å². The Bertz CT molecular complexity index is 427. The quantitative estimate of drug-likeness (QED) is 0.654. The van der Waals surface area contributed by atoms with Gasteiger partial charge in [0.2, 0.25) is 0 Å². The van der Waals surface area contributed by atoms with Gasteiger partial charge >= 0.3 is 6.18 Å². The molecule has 0 atom stereocenters. The van der Waals surface area contributed by atoms with Crippen LogP contribution in [0.1, 0.15) is 25.3 Å². The van der Waals surface area contributed by atoms with Gasteiger partial charge in [0.05, 0.1) is 13.2 Å². The molecule has 21 heavy (non-hydrogen) atoms. The minimum absolute atomic E-state index is 0.0101. The number of ketones is 1. The number of hydrogen-bond donors (Lipinski definition) is 0. The molecule has 0 saturated carbocycles. The zero-order valence-corrected chi connectivity index (χ0v) is 11.9. The largest absolute Gasteiger partial charge is 0.494 e. The van der Waals surface area contributed by atoms with Crippen molar-refractivity contribution in [3.63, 3.8) is 0 Å². The van der Waals surface area contributed by atoms with Crippen molar-refractivity contribution in [2.75, 3.05) is 19.8 Å². The summed E-state index contributed by atoms with van der Waals surface area (Å²) in [7, 11) is 0. The Labute approximate surface area is 122 Å². The van der Waals surface area contributed by atoms with Gasteiger partial charge in [0.15, 0.2) is 0 Å². The summed E-state index contributed by atoms with van der Waals surface area (Å²) >= 11 is 0. The molecule has 0 saturated heterocycles. The number of halogens is 3. The SMILES string of the molecule is CC(=O)CCc1ccc(OCCCOCC(F)(F)F)cc1. The minimum Gasteiger partial charge on any atom is -0.494 e. The zero-order valence-electron chi connectivity index (χ0n) is 11.9. The number of rotatable bonds is 9. The second-order valence-electron chi connectivity index (χ2n) is 4.72. The Morgan fingerprint density at radius 1 is 1.14 bits per heavy atom. The molecule has 0 radical (unpaired) electrons. The van der Waals surface area contributed by atoms with Crippen LogP contribution >= 0.6 is 0 Å².